The van der Waals surface area contributed by atoms with Crippen molar-refractivity contribution in [2.45, 2.75) is 52.6 Å². The van der Waals surface area contributed by atoms with Gasteiger partial charge < -0.3 is 15.2 Å². The van der Waals surface area contributed by atoms with Crippen molar-refractivity contribution in [3.05, 3.63) is 54.0 Å². The van der Waals surface area contributed by atoms with Crippen molar-refractivity contribution in [1.82, 2.24) is 14.1 Å². The van der Waals surface area contributed by atoms with Crippen molar-refractivity contribution in [2.75, 3.05) is 17.2 Å². The van der Waals surface area contributed by atoms with Crippen molar-refractivity contribution >= 4 is 33.3 Å². The van der Waals surface area contributed by atoms with Crippen LogP contribution >= 0.6 is 15.9 Å². The van der Waals surface area contributed by atoms with E-state index in [0.29, 0.717) is 23.9 Å². The number of unbranched alkanes of at least 4 members (excludes halogenated alkanes) is 2. The molecule has 2 aromatic heterocycles. The summed E-state index contributed by atoms with van der Waals surface area (Å²) < 4.78 is 3.18. The molecule has 2 rings (SSSR count). The number of nitrogens with two attached hydrogens (primary N) is 1. The molecule has 0 unspecified atom stereocenters. The molecule has 0 saturated heterocycles. The van der Waals surface area contributed by atoms with Crippen molar-refractivity contribution < 1.29 is 4.79 Å². The minimum absolute atomic E-state index is 0.0433. The fourth-order valence-electron chi connectivity index (χ4n) is 2.91. The van der Waals surface area contributed by atoms with E-state index in [1.807, 2.05) is 13.8 Å². The number of aromatic amines is 1. The molecular weight excluding hydrogens is 442 g/mol. The van der Waals surface area contributed by atoms with Gasteiger partial charge in [-0.1, -0.05) is 26.7 Å². The first-order valence-electron chi connectivity index (χ1n) is 9.59. The normalized spacial score (nSPS) is 10.9. The van der Waals surface area contributed by atoms with E-state index in [0.717, 1.165) is 12.8 Å². The number of hydrogen-bond acceptors (Lipinski definition) is 5. The van der Waals surface area contributed by atoms with E-state index in [1.54, 1.807) is 6.07 Å². The van der Waals surface area contributed by atoms with E-state index in [-0.39, 0.29) is 30.2 Å². The Hall–Kier alpha value is -2.62. The molecule has 0 aliphatic heterocycles. The summed E-state index contributed by atoms with van der Waals surface area (Å²) in [6.07, 6.45) is 4.46. The number of aromatic nitrogens is 3. The van der Waals surface area contributed by atoms with Crippen molar-refractivity contribution in [1.29, 1.82) is 0 Å². The Bertz CT molecular complexity index is 1040. The molecule has 0 aliphatic rings. The molecule has 0 aromatic carbocycles. The number of nitrogen functional groups attached to an aromatic ring is 1. The Morgan fingerprint density at radius 3 is 2.52 bits per heavy atom. The van der Waals surface area contributed by atoms with Gasteiger partial charge in [-0.15, -0.1) is 0 Å². The molecule has 0 spiro atoms. The molecule has 0 bridgehead atoms. The standard InChI is InChI=1S/C19H26BrN5O4/c1-3-5-9-24(15(27)12-23-11-13(20)7-8-14(23)26)16-17(21)25(10-6-4-2)19(29)22-18(16)28/h7-8,11H,3-6,9-10,12,21H2,1-2H3,(H,22,28,29). The Kier molecular flexibility index (Phi) is 8.00. The van der Waals surface area contributed by atoms with E-state index < -0.39 is 17.2 Å². The maximum absolute atomic E-state index is 13.1. The molecule has 2 heterocycles. The zero-order chi connectivity index (χ0) is 21.6. The van der Waals surface area contributed by atoms with Crippen LogP contribution in [0.15, 0.2) is 37.2 Å². The highest BCUT2D eigenvalue weighted by Gasteiger charge is 2.24. The summed E-state index contributed by atoms with van der Waals surface area (Å²) in [5, 5.41) is 0. The highest BCUT2D eigenvalue weighted by molar-refractivity contribution is 9.10. The number of anilines is 2. The first-order chi connectivity index (χ1) is 13.8. The van der Waals surface area contributed by atoms with Gasteiger partial charge in [0.05, 0.1) is 0 Å². The van der Waals surface area contributed by atoms with Gasteiger partial charge in [0.2, 0.25) is 5.91 Å². The average Bonchev–Trinajstić information content (AvgIpc) is 2.66. The van der Waals surface area contributed by atoms with E-state index in [4.69, 9.17) is 5.73 Å². The van der Waals surface area contributed by atoms with Crippen LogP contribution in [0.5, 0.6) is 0 Å². The summed E-state index contributed by atoms with van der Waals surface area (Å²) in [4.78, 5) is 53.4. The molecule has 0 fully saturated rings. The van der Waals surface area contributed by atoms with Crippen LogP contribution < -0.4 is 27.4 Å². The van der Waals surface area contributed by atoms with Gasteiger partial charge in [0, 0.05) is 29.8 Å². The number of pyridine rings is 1. The number of nitrogens with zero attached hydrogens (tertiary/aromatic N) is 3. The van der Waals surface area contributed by atoms with Crippen LogP contribution in [0.3, 0.4) is 0 Å². The minimum atomic E-state index is -0.716. The van der Waals surface area contributed by atoms with Crippen LogP contribution in [0.2, 0.25) is 0 Å². The van der Waals surface area contributed by atoms with Crippen LogP contribution in [0.25, 0.3) is 0 Å². The molecular formula is C19H26BrN5O4. The largest absolute Gasteiger partial charge is 0.383 e. The molecule has 3 N–H and O–H groups in total. The Morgan fingerprint density at radius 2 is 1.86 bits per heavy atom. The SMILES string of the molecule is CCCCN(C(=O)Cn1cc(Br)ccc1=O)c1c(N)n(CCCC)c(=O)[nH]c1=O. The first-order valence-corrected chi connectivity index (χ1v) is 10.4. The van der Waals surface area contributed by atoms with Crippen LogP contribution in [0, 0.1) is 0 Å². The predicted octanol–water partition coefficient (Wildman–Crippen LogP) is 1.68. The molecule has 0 saturated carbocycles. The topological polar surface area (TPSA) is 123 Å². The van der Waals surface area contributed by atoms with Gasteiger partial charge in [0.15, 0.2) is 5.69 Å². The number of carbonyl (C=O) groups is 1. The lowest BCUT2D eigenvalue weighted by Crippen LogP contribution is -2.43. The Balaban J connectivity index is 2.50. The number of halogens is 1. The highest BCUT2D eigenvalue weighted by Crippen LogP contribution is 2.19. The average molecular weight is 468 g/mol. The zero-order valence-electron chi connectivity index (χ0n) is 16.6. The first kappa shape index (κ1) is 22.7. The summed E-state index contributed by atoms with van der Waals surface area (Å²) in [5.74, 6) is -0.505. The molecule has 29 heavy (non-hydrogen) atoms. The van der Waals surface area contributed by atoms with Crippen molar-refractivity contribution in [3.63, 3.8) is 0 Å². The third kappa shape index (κ3) is 5.47. The molecule has 0 aliphatic carbocycles. The smallest absolute Gasteiger partial charge is 0.330 e. The molecule has 158 valence electrons. The van der Waals surface area contributed by atoms with E-state index in [1.165, 1.54) is 26.3 Å². The van der Waals surface area contributed by atoms with Crippen molar-refractivity contribution in [2.24, 2.45) is 0 Å². The van der Waals surface area contributed by atoms with Gasteiger partial charge in [-0.05, 0) is 34.8 Å². The second-order valence-electron chi connectivity index (χ2n) is 6.71. The Labute approximate surface area is 176 Å². The molecule has 10 heteroatoms. The van der Waals surface area contributed by atoms with Gasteiger partial charge in [-0.2, -0.15) is 0 Å². The lowest BCUT2D eigenvalue weighted by molar-refractivity contribution is -0.119. The molecule has 1 amide bonds. The third-order valence-electron chi connectivity index (χ3n) is 4.51. The summed E-state index contributed by atoms with van der Waals surface area (Å²) in [5.41, 5.74) is 4.44. The second kappa shape index (κ2) is 10.2. The minimum Gasteiger partial charge on any atom is -0.383 e. The van der Waals surface area contributed by atoms with Crippen LogP contribution in [0.4, 0.5) is 11.5 Å². The maximum atomic E-state index is 13.1. The van der Waals surface area contributed by atoms with Gasteiger partial charge >= 0.3 is 5.69 Å². The monoisotopic (exact) mass is 467 g/mol. The van der Waals surface area contributed by atoms with Gasteiger partial charge in [0.25, 0.3) is 11.1 Å². The molecule has 2 aromatic rings. The number of nitrogens with one attached hydrogen (secondary N) is 1. The highest BCUT2D eigenvalue weighted by atomic mass is 79.9. The van der Waals surface area contributed by atoms with Crippen LogP contribution in [0.1, 0.15) is 39.5 Å². The lowest BCUT2D eigenvalue weighted by atomic mass is 10.2. The van der Waals surface area contributed by atoms with E-state index in [9.17, 15) is 19.2 Å². The lowest BCUT2D eigenvalue weighted by Gasteiger charge is -2.25. The number of rotatable bonds is 9. The van der Waals surface area contributed by atoms with E-state index >= 15 is 0 Å². The van der Waals surface area contributed by atoms with Crippen LogP contribution in [-0.4, -0.2) is 26.6 Å². The summed E-state index contributed by atoms with van der Waals surface area (Å²) in [6, 6.07) is 2.93. The van der Waals surface area contributed by atoms with E-state index in [2.05, 4.69) is 20.9 Å². The quantitative estimate of drug-likeness (QED) is 0.580. The maximum Gasteiger partial charge on any atom is 0.330 e. The zero-order valence-corrected chi connectivity index (χ0v) is 18.2. The third-order valence-corrected chi connectivity index (χ3v) is 4.98. The fraction of sp³-hybridized carbons (Fsp3) is 0.474. The van der Waals surface area contributed by atoms with Crippen molar-refractivity contribution in [3.8, 4) is 0 Å². The summed E-state index contributed by atoms with van der Waals surface area (Å²) in [7, 11) is 0. The number of hydrogen-bond donors (Lipinski definition) is 2. The number of amides is 1. The molecule has 9 nitrogen and oxygen atoms in total. The number of carbonyl (C=O) groups excluding carboxylic acids is 1. The molecule has 0 radical (unpaired) electrons. The second-order valence-corrected chi connectivity index (χ2v) is 7.63. The van der Waals surface area contributed by atoms with Gasteiger partial charge in [-0.25, -0.2) is 4.79 Å². The summed E-state index contributed by atoms with van der Waals surface area (Å²) >= 11 is 3.28. The van der Waals surface area contributed by atoms with Crippen LogP contribution in [-0.2, 0) is 17.9 Å². The Morgan fingerprint density at radius 1 is 1.17 bits per heavy atom. The van der Waals surface area contributed by atoms with Gasteiger partial charge in [0.1, 0.15) is 12.4 Å². The molecule has 0 atom stereocenters. The number of H-pyrrole nitrogens is 1. The van der Waals surface area contributed by atoms with Gasteiger partial charge in [-0.3, -0.25) is 23.9 Å². The predicted molar refractivity (Wildman–Crippen MR) is 116 cm³/mol. The fourth-order valence-corrected chi connectivity index (χ4v) is 3.29. The summed E-state index contributed by atoms with van der Waals surface area (Å²) in [6.45, 7) is 4.26.